The van der Waals surface area contributed by atoms with Crippen molar-refractivity contribution in [2.75, 3.05) is 18.6 Å². The van der Waals surface area contributed by atoms with Crippen LogP contribution >= 0.6 is 12.2 Å². The van der Waals surface area contributed by atoms with E-state index in [1.165, 1.54) is 7.11 Å². The summed E-state index contributed by atoms with van der Waals surface area (Å²) in [4.78, 5) is 27.6. The molecular formula is C24H25N5O3S. The van der Waals surface area contributed by atoms with Crippen molar-refractivity contribution in [3.63, 3.8) is 0 Å². The fraction of sp³-hybridized carbons (Fsp3) is 0.333. The summed E-state index contributed by atoms with van der Waals surface area (Å²) in [6.07, 6.45) is 2.53. The van der Waals surface area contributed by atoms with Gasteiger partial charge >= 0.3 is 5.97 Å². The second kappa shape index (κ2) is 8.47. The van der Waals surface area contributed by atoms with E-state index in [1.807, 2.05) is 47.7 Å². The summed E-state index contributed by atoms with van der Waals surface area (Å²) in [6.45, 7) is 3.84. The monoisotopic (exact) mass is 463 g/mol. The van der Waals surface area contributed by atoms with E-state index in [4.69, 9.17) is 22.1 Å². The van der Waals surface area contributed by atoms with Crippen LogP contribution < -0.4 is 10.5 Å². The van der Waals surface area contributed by atoms with Crippen LogP contribution in [-0.4, -0.2) is 38.4 Å². The third-order valence-corrected chi connectivity index (χ3v) is 6.58. The van der Waals surface area contributed by atoms with Gasteiger partial charge in [0.05, 0.1) is 23.6 Å². The van der Waals surface area contributed by atoms with E-state index < -0.39 is 0 Å². The van der Waals surface area contributed by atoms with Gasteiger partial charge in [-0.2, -0.15) is 0 Å². The first-order valence-corrected chi connectivity index (χ1v) is 11.5. The second-order valence-corrected chi connectivity index (χ2v) is 8.56. The Kier molecular flexibility index (Phi) is 5.49. The summed E-state index contributed by atoms with van der Waals surface area (Å²) < 4.78 is 10.9. The number of nitrogens with zero attached hydrogens (tertiary/aromatic N) is 5. The first kappa shape index (κ1) is 21.4. The number of aryl methyl sites for hydroxylation is 1. The maximum atomic E-state index is 13.1. The zero-order valence-electron chi connectivity index (χ0n) is 18.7. The zero-order valence-corrected chi connectivity index (χ0v) is 19.5. The number of anilines is 1. The molecule has 170 valence electrons. The molecule has 0 amide bonds. The van der Waals surface area contributed by atoms with Crippen LogP contribution in [0.2, 0.25) is 0 Å². The van der Waals surface area contributed by atoms with Gasteiger partial charge in [-0.15, -0.1) is 5.10 Å². The molecule has 2 aromatic heterocycles. The molecule has 0 N–H and O–H groups in total. The van der Waals surface area contributed by atoms with Crippen LogP contribution in [0.25, 0.3) is 16.7 Å². The standard InChI is InChI=1S/C24H25N5O3S/c1-3-13-27-21(30)18-8-4-5-11-20(18)29-23(27)25-28(24(29)33)15-26-14-7-10-16-17(22(31)32-2)9-6-12-19(16)26/h4-6,8-9,11-12H,3,7,10,13-15H2,1-2H3. The lowest BCUT2D eigenvalue weighted by Crippen LogP contribution is -2.32. The van der Waals surface area contributed by atoms with Crippen molar-refractivity contribution in [3.8, 4) is 0 Å². The third kappa shape index (κ3) is 3.43. The van der Waals surface area contributed by atoms with Gasteiger partial charge in [0.25, 0.3) is 5.56 Å². The second-order valence-electron chi connectivity index (χ2n) is 8.19. The lowest BCUT2D eigenvalue weighted by molar-refractivity contribution is 0.0599. The Morgan fingerprint density at radius 2 is 2.00 bits per heavy atom. The molecule has 0 bridgehead atoms. The van der Waals surface area contributed by atoms with E-state index in [1.54, 1.807) is 15.3 Å². The molecule has 0 aliphatic carbocycles. The first-order chi connectivity index (χ1) is 16.0. The van der Waals surface area contributed by atoms with Gasteiger partial charge in [0.1, 0.15) is 6.67 Å². The van der Waals surface area contributed by atoms with Gasteiger partial charge in [-0.3, -0.25) is 13.8 Å². The molecule has 0 radical (unpaired) electrons. The predicted octanol–water partition coefficient (Wildman–Crippen LogP) is 3.79. The molecule has 0 saturated heterocycles. The average Bonchev–Trinajstić information content (AvgIpc) is 3.17. The summed E-state index contributed by atoms with van der Waals surface area (Å²) in [5.74, 6) is 0.221. The number of rotatable bonds is 5. The Morgan fingerprint density at radius 3 is 2.79 bits per heavy atom. The molecule has 1 aliphatic rings. The quantitative estimate of drug-likeness (QED) is 0.331. The molecule has 4 aromatic rings. The van der Waals surface area contributed by atoms with Gasteiger partial charge in [-0.25, -0.2) is 9.48 Å². The van der Waals surface area contributed by atoms with E-state index in [0.717, 1.165) is 42.6 Å². The number of esters is 1. The number of methoxy groups -OCH3 is 1. The number of carbonyl (C=O) groups is 1. The first-order valence-electron chi connectivity index (χ1n) is 11.1. The number of ether oxygens (including phenoxy) is 1. The van der Waals surface area contributed by atoms with Crippen LogP contribution in [0, 0.1) is 4.77 Å². The molecular weight excluding hydrogens is 438 g/mol. The topological polar surface area (TPSA) is 73.8 Å². The maximum absolute atomic E-state index is 13.1. The van der Waals surface area contributed by atoms with Crippen LogP contribution in [0.3, 0.4) is 0 Å². The molecule has 0 spiro atoms. The molecule has 0 saturated carbocycles. The van der Waals surface area contributed by atoms with Crippen LogP contribution in [0.1, 0.15) is 35.7 Å². The number of para-hydroxylation sites is 1. The molecule has 9 heteroatoms. The molecule has 3 heterocycles. The van der Waals surface area contributed by atoms with E-state index >= 15 is 0 Å². The van der Waals surface area contributed by atoms with Crippen molar-refractivity contribution >= 4 is 40.6 Å². The van der Waals surface area contributed by atoms with E-state index in [0.29, 0.717) is 34.7 Å². The van der Waals surface area contributed by atoms with Gasteiger partial charge in [-0.1, -0.05) is 25.1 Å². The van der Waals surface area contributed by atoms with Crippen LogP contribution in [-0.2, 0) is 24.4 Å². The zero-order chi connectivity index (χ0) is 23.1. The minimum atomic E-state index is -0.326. The fourth-order valence-corrected chi connectivity index (χ4v) is 4.97. The van der Waals surface area contributed by atoms with Gasteiger partial charge in [0.2, 0.25) is 10.5 Å². The fourth-order valence-electron chi connectivity index (χ4n) is 4.70. The molecule has 8 nitrogen and oxygen atoms in total. The van der Waals surface area contributed by atoms with Crippen molar-refractivity contribution in [1.82, 2.24) is 18.7 Å². The minimum absolute atomic E-state index is 0.0573. The lowest BCUT2D eigenvalue weighted by Gasteiger charge is -2.31. The van der Waals surface area contributed by atoms with Gasteiger partial charge in [-0.05, 0) is 61.3 Å². The summed E-state index contributed by atoms with van der Waals surface area (Å²) in [5.41, 5.74) is 3.27. The normalized spacial score (nSPS) is 13.5. The highest BCUT2D eigenvalue weighted by Gasteiger charge is 2.24. The molecule has 0 atom stereocenters. The Hall–Kier alpha value is -3.46. The summed E-state index contributed by atoms with van der Waals surface area (Å²) in [6, 6.07) is 13.2. The number of benzene rings is 2. The minimum Gasteiger partial charge on any atom is -0.465 e. The SMILES string of the molecule is CCCn1c(=O)c2ccccc2n2c(=S)n(CN3CCCc4c(C(=O)OC)cccc43)nc12. The van der Waals surface area contributed by atoms with E-state index in [2.05, 4.69) is 4.90 Å². The Bertz CT molecular complexity index is 1500. The molecule has 5 rings (SSSR count). The van der Waals surface area contributed by atoms with E-state index in [9.17, 15) is 9.59 Å². The molecule has 0 unspecified atom stereocenters. The van der Waals surface area contributed by atoms with E-state index in [-0.39, 0.29) is 11.5 Å². The number of fused-ring (bicyclic) bond motifs is 4. The Labute approximate surface area is 195 Å². The highest BCUT2D eigenvalue weighted by Crippen LogP contribution is 2.31. The Balaban J connectivity index is 1.65. The van der Waals surface area contributed by atoms with Crippen molar-refractivity contribution < 1.29 is 9.53 Å². The van der Waals surface area contributed by atoms with Crippen LogP contribution in [0.5, 0.6) is 0 Å². The molecule has 2 aromatic carbocycles. The molecule has 0 fully saturated rings. The maximum Gasteiger partial charge on any atom is 0.338 e. The summed E-state index contributed by atoms with van der Waals surface area (Å²) in [5, 5.41) is 5.41. The molecule has 33 heavy (non-hydrogen) atoms. The lowest BCUT2D eigenvalue weighted by atomic mass is 9.96. The third-order valence-electron chi connectivity index (χ3n) is 6.19. The number of carbonyl (C=O) groups excluding carboxylic acids is 1. The van der Waals surface area contributed by atoms with Crippen LogP contribution in [0.15, 0.2) is 47.3 Å². The number of aromatic nitrogens is 4. The van der Waals surface area contributed by atoms with Crippen LogP contribution in [0.4, 0.5) is 5.69 Å². The van der Waals surface area contributed by atoms with Crippen molar-refractivity contribution in [2.24, 2.45) is 0 Å². The van der Waals surface area contributed by atoms with Gasteiger partial charge in [0, 0.05) is 18.8 Å². The van der Waals surface area contributed by atoms with Crippen molar-refractivity contribution in [3.05, 3.63) is 68.7 Å². The van der Waals surface area contributed by atoms with Crippen molar-refractivity contribution in [2.45, 2.75) is 39.4 Å². The predicted molar refractivity (Wildman–Crippen MR) is 130 cm³/mol. The largest absolute Gasteiger partial charge is 0.465 e. The van der Waals surface area contributed by atoms with Crippen molar-refractivity contribution in [1.29, 1.82) is 0 Å². The number of hydrogen-bond donors (Lipinski definition) is 0. The Morgan fingerprint density at radius 1 is 1.18 bits per heavy atom. The molecule has 1 aliphatic heterocycles. The average molecular weight is 464 g/mol. The van der Waals surface area contributed by atoms with Gasteiger partial charge < -0.3 is 9.64 Å². The smallest absolute Gasteiger partial charge is 0.338 e. The number of hydrogen-bond acceptors (Lipinski definition) is 6. The summed E-state index contributed by atoms with van der Waals surface area (Å²) in [7, 11) is 1.40. The van der Waals surface area contributed by atoms with Gasteiger partial charge in [0.15, 0.2) is 0 Å². The highest BCUT2D eigenvalue weighted by atomic mass is 32.1. The highest BCUT2D eigenvalue weighted by molar-refractivity contribution is 7.71. The summed E-state index contributed by atoms with van der Waals surface area (Å²) >= 11 is 5.84.